The van der Waals surface area contributed by atoms with Gasteiger partial charge in [0.15, 0.2) is 0 Å². The average molecular weight is 327 g/mol. The highest BCUT2D eigenvalue weighted by molar-refractivity contribution is 7.89. The van der Waals surface area contributed by atoms with Crippen molar-refractivity contribution in [2.75, 3.05) is 6.54 Å². The Kier molecular flexibility index (Phi) is 5.15. The molecule has 1 aliphatic rings. The Balaban J connectivity index is 2.29. The normalized spacial score (nSPS) is 17.5. The Bertz CT molecular complexity index is 654. The van der Waals surface area contributed by atoms with Crippen molar-refractivity contribution in [1.82, 2.24) is 4.72 Å². The van der Waals surface area contributed by atoms with Crippen LogP contribution in [0.1, 0.15) is 31.2 Å². The van der Waals surface area contributed by atoms with E-state index in [4.69, 9.17) is 5.73 Å². The lowest BCUT2D eigenvalue weighted by atomic mass is 9.99. The summed E-state index contributed by atoms with van der Waals surface area (Å²) in [5.74, 6) is 0.235. The third-order valence-electron chi connectivity index (χ3n) is 4.20. The highest BCUT2D eigenvalue weighted by Gasteiger charge is 2.29. The second-order valence-electron chi connectivity index (χ2n) is 5.71. The van der Waals surface area contributed by atoms with Crippen LogP contribution in [-0.2, 0) is 10.0 Å². The van der Waals surface area contributed by atoms with Crippen LogP contribution in [0.2, 0.25) is 0 Å². The summed E-state index contributed by atoms with van der Waals surface area (Å²) in [6.07, 6.45) is 4.08. The summed E-state index contributed by atoms with van der Waals surface area (Å²) in [5.41, 5.74) is 5.95. The summed E-state index contributed by atoms with van der Waals surface area (Å²) in [4.78, 5) is 10.2. The number of rotatable bonds is 6. The molecule has 0 heterocycles. The minimum Gasteiger partial charge on any atom is -0.329 e. The van der Waals surface area contributed by atoms with Crippen molar-refractivity contribution in [3.05, 3.63) is 33.9 Å². The van der Waals surface area contributed by atoms with Crippen LogP contribution in [0.15, 0.2) is 23.1 Å². The van der Waals surface area contributed by atoms with Crippen LogP contribution in [0.3, 0.4) is 0 Å². The first kappa shape index (κ1) is 16.9. The number of nitrogens with one attached hydrogen (secondary N) is 1. The van der Waals surface area contributed by atoms with Crippen LogP contribution in [-0.4, -0.2) is 25.9 Å². The Morgan fingerprint density at radius 1 is 1.41 bits per heavy atom. The average Bonchev–Trinajstić information content (AvgIpc) is 2.98. The molecular weight excluding hydrogens is 306 g/mol. The van der Waals surface area contributed by atoms with Gasteiger partial charge < -0.3 is 5.73 Å². The third kappa shape index (κ3) is 3.63. The second-order valence-corrected chi connectivity index (χ2v) is 7.40. The van der Waals surface area contributed by atoms with Crippen molar-refractivity contribution in [2.24, 2.45) is 11.7 Å². The summed E-state index contributed by atoms with van der Waals surface area (Å²) in [5, 5.41) is 10.8. The summed E-state index contributed by atoms with van der Waals surface area (Å²) in [6, 6.07) is 3.51. The van der Waals surface area contributed by atoms with Gasteiger partial charge in [0, 0.05) is 24.7 Å². The Labute approximate surface area is 130 Å². The van der Waals surface area contributed by atoms with Crippen LogP contribution in [0.4, 0.5) is 5.69 Å². The van der Waals surface area contributed by atoms with Crippen LogP contribution in [0.25, 0.3) is 0 Å². The number of nitro benzene ring substituents is 1. The number of hydrogen-bond acceptors (Lipinski definition) is 5. The van der Waals surface area contributed by atoms with E-state index >= 15 is 0 Å². The number of non-ortho nitro benzene ring substituents is 1. The molecule has 22 heavy (non-hydrogen) atoms. The molecular formula is C14H21N3O4S. The van der Waals surface area contributed by atoms with E-state index in [-0.39, 0.29) is 29.1 Å². The summed E-state index contributed by atoms with van der Waals surface area (Å²) in [6.45, 7) is 1.84. The molecule has 1 aromatic carbocycles. The van der Waals surface area contributed by atoms with Gasteiger partial charge in [-0.15, -0.1) is 0 Å². The molecule has 1 aliphatic carbocycles. The maximum absolute atomic E-state index is 12.6. The van der Waals surface area contributed by atoms with Crippen LogP contribution in [0.5, 0.6) is 0 Å². The van der Waals surface area contributed by atoms with Crippen molar-refractivity contribution in [2.45, 2.75) is 43.5 Å². The molecule has 0 saturated heterocycles. The first-order valence-corrected chi connectivity index (χ1v) is 8.81. The fourth-order valence-electron chi connectivity index (χ4n) is 2.95. The molecule has 122 valence electrons. The largest absolute Gasteiger partial charge is 0.329 e. The van der Waals surface area contributed by atoms with Crippen molar-refractivity contribution < 1.29 is 13.3 Å². The topological polar surface area (TPSA) is 115 Å². The lowest BCUT2D eigenvalue weighted by Gasteiger charge is -2.23. The molecule has 0 bridgehead atoms. The summed E-state index contributed by atoms with van der Waals surface area (Å²) in [7, 11) is -3.83. The van der Waals surface area contributed by atoms with Gasteiger partial charge in [0.25, 0.3) is 5.69 Å². The monoisotopic (exact) mass is 327 g/mol. The first-order chi connectivity index (χ1) is 10.3. The molecule has 0 spiro atoms. The lowest BCUT2D eigenvalue weighted by molar-refractivity contribution is -0.385. The fraction of sp³-hybridized carbons (Fsp3) is 0.571. The van der Waals surface area contributed by atoms with E-state index in [1.807, 2.05) is 0 Å². The Morgan fingerprint density at radius 3 is 2.59 bits per heavy atom. The number of benzene rings is 1. The van der Waals surface area contributed by atoms with E-state index < -0.39 is 14.9 Å². The number of nitrogens with zero attached hydrogens (tertiary/aromatic N) is 1. The maximum atomic E-state index is 12.6. The number of sulfonamides is 1. The zero-order valence-electron chi connectivity index (χ0n) is 12.5. The van der Waals surface area contributed by atoms with Gasteiger partial charge in [-0.2, -0.15) is 0 Å². The SMILES string of the molecule is Cc1ccc([N+](=O)[O-])cc1S(=O)(=O)NC(CN)C1CCCC1. The van der Waals surface area contributed by atoms with Crippen molar-refractivity contribution in [1.29, 1.82) is 0 Å². The van der Waals surface area contributed by atoms with Gasteiger partial charge in [0.1, 0.15) is 0 Å². The maximum Gasteiger partial charge on any atom is 0.270 e. The van der Waals surface area contributed by atoms with Gasteiger partial charge in [-0.3, -0.25) is 10.1 Å². The van der Waals surface area contributed by atoms with Gasteiger partial charge in [-0.1, -0.05) is 18.9 Å². The van der Waals surface area contributed by atoms with Gasteiger partial charge in [0.2, 0.25) is 10.0 Å². The molecule has 1 fully saturated rings. The van der Waals surface area contributed by atoms with Crippen molar-refractivity contribution >= 4 is 15.7 Å². The van der Waals surface area contributed by atoms with Crippen molar-refractivity contribution in [3.8, 4) is 0 Å². The molecule has 1 atom stereocenters. The highest BCUT2D eigenvalue weighted by atomic mass is 32.2. The van der Waals surface area contributed by atoms with Crippen LogP contribution < -0.4 is 10.5 Å². The quantitative estimate of drug-likeness (QED) is 0.609. The predicted octanol–water partition coefficient (Wildman–Crippen LogP) is 1.70. The van der Waals surface area contributed by atoms with Gasteiger partial charge in [0.05, 0.1) is 9.82 Å². The molecule has 0 radical (unpaired) electrons. The molecule has 0 amide bonds. The first-order valence-electron chi connectivity index (χ1n) is 7.32. The Hall–Kier alpha value is -1.51. The summed E-state index contributed by atoms with van der Waals surface area (Å²) < 4.78 is 27.8. The molecule has 2 rings (SSSR count). The lowest BCUT2D eigenvalue weighted by Crippen LogP contribution is -2.44. The molecule has 1 saturated carbocycles. The fourth-order valence-corrected chi connectivity index (χ4v) is 4.53. The Morgan fingerprint density at radius 2 is 2.05 bits per heavy atom. The third-order valence-corrected chi connectivity index (χ3v) is 5.83. The molecule has 7 nitrogen and oxygen atoms in total. The minimum absolute atomic E-state index is 0.0573. The van der Waals surface area contributed by atoms with E-state index in [2.05, 4.69) is 4.72 Å². The highest BCUT2D eigenvalue weighted by Crippen LogP contribution is 2.29. The standard InChI is InChI=1S/C14H21N3O4S/c1-10-6-7-12(17(18)19)8-14(10)22(20,21)16-13(9-15)11-4-2-3-5-11/h6-8,11,13,16H,2-5,9,15H2,1H3. The summed E-state index contributed by atoms with van der Waals surface area (Å²) >= 11 is 0. The molecule has 1 unspecified atom stereocenters. The zero-order valence-corrected chi connectivity index (χ0v) is 13.3. The van der Waals surface area contributed by atoms with Crippen LogP contribution in [0, 0.1) is 23.0 Å². The molecule has 0 aromatic heterocycles. The van der Waals surface area contributed by atoms with Crippen molar-refractivity contribution in [3.63, 3.8) is 0 Å². The van der Waals surface area contributed by atoms with E-state index in [1.54, 1.807) is 6.92 Å². The molecule has 3 N–H and O–H groups in total. The number of aryl methyl sites for hydroxylation is 1. The number of hydrogen-bond donors (Lipinski definition) is 2. The zero-order chi connectivity index (χ0) is 16.3. The van der Waals surface area contributed by atoms with Gasteiger partial charge >= 0.3 is 0 Å². The molecule has 0 aliphatic heterocycles. The number of nitro groups is 1. The smallest absolute Gasteiger partial charge is 0.270 e. The van der Waals surface area contributed by atoms with E-state index in [0.717, 1.165) is 31.7 Å². The van der Waals surface area contributed by atoms with E-state index in [1.165, 1.54) is 12.1 Å². The molecule has 8 heteroatoms. The predicted molar refractivity (Wildman–Crippen MR) is 83.0 cm³/mol. The molecule has 1 aromatic rings. The van der Waals surface area contributed by atoms with Gasteiger partial charge in [-0.25, -0.2) is 13.1 Å². The van der Waals surface area contributed by atoms with E-state index in [9.17, 15) is 18.5 Å². The van der Waals surface area contributed by atoms with Gasteiger partial charge in [-0.05, 0) is 31.2 Å². The van der Waals surface area contributed by atoms with E-state index in [0.29, 0.717) is 5.56 Å². The minimum atomic E-state index is -3.83. The number of nitrogens with two attached hydrogens (primary N) is 1. The van der Waals surface area contributed by atoms with Crippen LogP contribution >= 0.6 is 0 Å². The second kappa shape index (κ2) is 6.72.